The van der Waals surface area contributed by atoms with Crippen LogP contribution in [0.4, 0.5) is 4.39 Å². The van der Waals surface area contributed by atoms with Crippen molar-refractivity contribution >= 4 is 18.0 Å². The first-order valence-electron chi connectivity index (χ1n) is 5.43. The molecule has 0 spiro atoms. The number of rotatable bonds is 5. The van der Waals surface area contributed by atoms with Crippen LogP contribution < -0.4 is 10.1 Å². The lowest BCUT2D eigenvalue weighted by Crippen LogP contribution is -2.28. The molecule has 0 aliphatic rings. The smallest absolute Gasteiger partial charge is 0.325 e. The van der Waals surface area contributed by atoms with Crippen LogP contribution in [0, 0.1) is 5.82 Å². The van der Waals surface area contributed by atoms with Gasteiger partial charge in [-0.25, -0.2) is 4.39 Å². The summed E-state index contributed by atoms with van der Waals surface area (Å²) in [6.07, 6.45) is 2.62. The number of ether oxygens (including phenoxy) is 2. The summed E-state index contributed by atoms with van der Waals surface area (Å²) in [5, 5.41) is 2.32. The van der Waals surface area contributed by atoms with Crippen molar-refractivity contribution in [1.82, 2.24) is 5.32 Å². The van der Waals surface area contributed by atoms with E-state index in [1.807, 2.05) is 0 Å². The van der Waals surface area contributed by atoms with Crippen LogP contribution in [0.15, 0.2) is 24.3 Å². The Balaban J connectivity index is 2.58. The van der Waals surface area contributed by atoms with Crippen LogP contribution in [-0.4, -0.2) is 32.6 Å². The molecule has 1 N–H and O–H groups in total. The molecule has 1 aromatic carbocycles. The number of hydrogen-bond donors (Lipinski definition) is 1. The number of nitrogens with one attached hydrogen (secondary N) is 1. The molecule has 0 atom stereocenters. The van der Waals surface area contributed by atoms with E-state index in [1.165, 1.54) is 38.5 Å². The SMILES string of the molecule is COC(=O)CNC(=O)/C=C/c1ccc(OC)c(F)c1. The Bertz CT molecular complexity index is 499. The highest BCUT2D eigenvalue weighted by molar-refractivity contribution is 5.93. The van der Waals surface area contributed by atoms with Crippen LogP contribution in [0.25, 0.3) is 6.08 Å². The summed E-state index contributed by atoms with van der Waals surface area (Å²) in [5.74, 6) is -1.40. The van der Waals surface area contributed by atoms with Gasteiger partial charge in [0.1, 0.15) is 6.54 Å². The van der Waals surface area contributed by atoms with Gasteiger partial charge in [-0.3, -0.25) is 9.59 Å². The molecule has 0 aromatic heterocycles. The zero-order valence-electron chi connectivity index (χ0n) is 10.6. The zero-order valence-corrected chi connectivity index (χ0v) is 10.6. The molecule has 1 rings (SSSR count). The molecular weight excluding hydrogens is 253 g/mol. The van der Waals surface area contributed by atoms with Gasteiger partial charge >= 0.3 is 5.97 Å². The Labute approximate surface area is 110 Å². The molecule has 0 heterocycles. The van der Waals surface area contributed by atoms with Crippen LogP contribution in [0.5, 0.6) is 5.75 Å². The Morgan fingerprint density at radius 2 is 2.11 bits per heavy atom. The standard InChI is InChI=1S/C13H14FNO4/c1-18-11-5-3-9(7-10(11)14)4-6-12(16)15-8-13(17)19-2/h3-7H,8H2,1-2H3,(H,15,16)/b6-4+. The Morgan fingerprint density at radius 1 is 1.37 bits per heavy atom. The van der Waals surface area contributed by atoms with Crippen molar-refractivity contribution in [1.29, 1.82) is 0 Å². The van der Waals surface area contributed by atoms with Crippen LogP contribution >= 0.6 is 0 Å². The van der Waals surface area contributed by atoms with E-state index in [1.54, 1.807) is 6.07 Å². The van der Waals surface area contributed by atoms with Crippen molar-refractivity contribution in [3.8, 4) is 5.75 Å². The predicted molar refractivity (Wildman–Crippen MR) is 67.0 cm³/mol. The monoisotopic (exact) mass is 267 g/mol. The summed E-state index contributed by atoms with van der Waals surface area (Å²) in [6, 6.07) is 4.30. The molecule has 0 fully saturated rings. The summed E-state index contributed by atoms with van der Waals surface area (Å²) in [6.45, 7) is -0.212. The highest BCUT2D eigenvalue weighted by Gasteiger charge is 2.03. The largest absolute Gasteiger partial charge is 0.494 e. The molecule has 1 amide bonds. The summed E-state index contributed by atoms with van der Waals surface area (Å²) in [5.41, 5.74) is 0.506. The van der Waals surface area contributed by atoms with Gasteiger partial charge in [0.05, 0.1) is 14.2 Å². The number of benzene rings is 1. The lowest BCUT2D eigenvalue weighted by Gasteiger charge is -2.02. The molecule has 0 saturated heterocycles. The highest BCUT2D eigenvalue weighted by atomic mass is 19.1. The van der Waals surface area contributed by atoms with Gasteiger partial charge in [0.25, 0.3) is 0 Å². The van der Waals surface area contributed by atoms with Crippen molar-refractivity contribution in [2.75, 3.05) is 20.8 Å². The summed E-state index contributed by atoms with van der Waals surface area (Å²) in [7, 11) is 2.60. The maximum atomic E-state index is 13.4. The van der Waals surface area contributed by atoms with Gasteiger partial charge in [-0.15, -0.1) is 0 Å². The molecule has 0 aliphatic carbocycles. The van der Waals surface area contributed by atoms with Gasteiger partial charge in [0.2, 0.25) is 5.91 Å². The van der Waals surface area contributed by atoms with E-state index in [4.69, 9.17) is 4.74 Å². The average molecular weight is 267 g/mol. The highest BCUT2D eigenvalue weighted by Crippen LogP contribution is 2.18. The van der Waals surface area contributed by atoms with Gasteiger partial charge in [-0.1, -0.05) is 6.07 Å². The van der Waals surface area contributed by atoms with E-state index in [9.17, 15) is 14.0 Å². The summed E-state index contributed by atoms with van der Waals surface area (Å²) in [4.78, 5) is 22.1. The lowest BCUT2D eigenvalue weighted by atomic mass is 10.2. The summed E-state index contributed by atoms with van der Waals surface area (Å²) >= 11 is 0. The second-order valence-electron chi connectivity index (χ2n) is 3.52. The third-order valence-corrected chi connectivity index (χ3v) is 2.24. The first-order valence-corrected chi connectivity index (χ1v) is 5.43. The molecule has 5 nitrogen and oxygen atoms in total. The van der Waals surface area contributed by atoms with Crippen LogP contribution in [0.1, 0.15) is 5.56 Å². The first kappa shape index (κ1) is 14.7. The van der Waals surface area contributed by atoms with E-state index in [0.717, 1.165) is 0 Å². The molecule has 0 aliphatic heterocycles. The molecule has 0 radical (unpaired) electrons. The van der Waals surface area contributed by atoms with Crippen LogP contribution in [0.2, 0.25) is 0 Å². The molecule has 0 unspecified atom stereocenters. The maximum Gasteiger partial charge on any atom is 0.325 e. The van der Waals surface area contributed by atoms with Crippen molar-refractivity contribution in [3.63, 3.8) is 0 Å². The Morgan fingerprint density at radius 3 is 2.68 bits per heavy atom. The van der Waals surface area contributed by atoms with Crippen LogP contribution in [-0.2, 0) is 14.3 Å². The van der Waals surface area contributed by atoms with E-state index in [2.05, 4.69) is 10.1 Å². The fraction of sp³-hybridized carbons (Fsp3) is 0.231. The third kappa shape index (κ3) is 4.79. The Kier molecular flexibility index (Phi) is 5.53. The molecule has 6 heteroatoms. The van der Waals surface area contributed by atoms with Crippen molar-refractivity contribution in [2.45, 2.75) is 0 Å². The number of carbonyl (C=O) groups is 2. The van der Waals surface area contributed by atoms with Crippen molar-refractivity contribution < 1.29 is 23.5 Å². The second kappa shape index (κ2) is 7.15. The fourth-order valence-corrected chi connectivity index (χ4v) is 1.25. The predicted octanol–water partition coefficient (Wildman–Crippen LogP) is 1.14. The Hall–Kier alpha value is -2.37. The normalized spacial score (nSPS) is 10.3. The molecule has 102 valence electrons. The van der Waals surface area contributed by atoms with Gasteiger partial charge in [0.15, 0.2) is 11.6 Å². The average Bonchev–Trinajstić information content (AvgIpc) is 2.42. The van der Waals surface area contributed by atoms with Gasteiger partial charge in [0, 0.05) is 6.08 Å². The summed E-state index contributed by atoms with van der Waals surface area (Å²) < 4.78 is 22.5. The minimum absolute atomic E-state index is 0.132. The van der Waals surface area contributed by atoms with Crippen LogP contribution in [0.3, 0.4) is 0 Å². The number of carbonyl (C=O) groups excluding carboxylic acids is 2. The fourth-order valence-electron chi connectivity index (χ4n) is 1.25. The van der Waals surface area contributed by atoms with Gasteiger partial charge < -0.3 is 14.8 Å². The molecule has 0 saturated carbocycles. The van der Waals surface area contributed by atoms with E-state index >= 15 is 0 Å². The molecule has 0 bridgehead atoms. The van der Waals surface area contributed by atoms with Crippen molar-refractivity contribution in [2.24, 2.45) is 0 Å². The zero-order chi connectivity index (χ0) is 14.3. The van der Waals surface area contributed by atoms with E-state index < -0.39 is 17.7 Å². The molecule has 1 aromatic rings. The minimum Gasteiger partial charge on any atom is -0.494 e. The number of methoxy groups -OCH3 is 2. The minimum atomic E-state index is -0.544. The third-order valence-electron chi connectivity index (χ3n) is 2.24. The molecular formula is C13H14FNO4. The van der Waals surface area contributed by atoms with Gasteiger partial charge in [-0.2, -0.15) is 0 Å². The maximum absolute atomic E-state index is 13.4. The number of amides is 1. The topological polar surface area (TPSA) is 64.6 Å². The lowest BCUT2D eigenvalue weighted by molar-refractivity contribution is -0.140. The number of esters is 1. The van der Waals surface area contributed by atoms with E-state index in [-0.39, 0.29) is 12.3 Å². The number of hydrogen-bond acceptors (Lipinski definition) is 4. The second-order valence-corrected chi connectivity index (χ2v) is 3.52. The van der Waals surface area contributed by atoms with E-state index in [0.29, 0.717) is 5.56 Å². The number of halogens is 1. The van der Waals surface area contributed by atoms with Crippen molar-refractivity contribution in [3.05, 3.63) is 35.7 Å². The first-order chi connectivity index (χ1) is 9.06. The quantitative estimate of drug-likeness (QED) is 0.641. The molecule has 19 heavy (non-hydrogen) atoms. The van der Waals surface area contributed by atoms with Gasteiger partial charge in [-0.05, 0) is 23.8 Å².